The van der Waals surface area contributed by atoms with Crippen LogP contribution in [-0.4, -0.2) is 42.5 Å². The summed E-state index contributed by atoms with van der Waals surface area (Å²) in [5.74, 6) is 0.664. The summed E-state index contributed by atoms with van der Waals surface area (Å²) in [7, 11) is 0. The molecule has 80 valence electrons. The lowest BCUT2D eigenvalue weighted by atomic mass is 9.91. The Kier molecular flexibility index (Phi) is 2.62. The van der Waals surface area contributed by atoms with Crippen molar-refractivity contribution in [2.24, 2.45) is 10.9 Å². The van der Waals surface area contributed by atoms with Crippen LogP contribution in [0, 0.1) is 5.92 Å². The van der Waals surface area contributed by atoms with Gasteiger partial charge in [-0.3, -0.25) is 15.2 Å². The van der Waals surface area contributed by atoms with Gasteiger partial charge >= 0.3 is 0 Å². The Morgan fingerprint density at radius 3 is 2.93 bits per heavy atom. The topological polar surface area (TPSA) is 27.6 Å². The highest BCUT2D eigenvalue weighted by Crippen LogP contribution is 2.23. The molecular formula is C11H21N3. The van der Waals surface area contributed by atoms with Gasteiger partial charge in [0.1, 0.15) is 0 Å². The summed E-state index contributed by atoms with van der Waals surface area (Å²) in [4.78, 5) is 7.12. The number of hydrogen-bond acceptors (Lipinski definition) is 3. The largest absolute Gasteiger partial charge is 0.298 e. The van der Waals surface area contributed by atoms with Gasteiger partial charge in [-0.05, 0) is 27.2 Å². The maximum atomic E-state index is 4.55. The van der Waals surface area contributed by atoms with Crippen LogP contribution in [0.25, 0.3) is 0 Å². The summed E-state index contributed by atoms with van der Waals surface area (Å²) < 4.78 is 0. The molecular weight excluding hydrogens is 174 g/mol. The van der Waals surface area contributed by atoms with Crippen molar-refractivity contribution >= 4 is 5.71 Å². The first-order chi connectivity index (χ1) is 6.57. The number of rotatable bonds is 0. The summed E-state index contributed by atoms with van der Waals surface area (Å²) in [5.41, 5.74) is 1.76. The first-order valence-corrected chi connectivity index (χ1v) is 5.56. The van der Waals surface area contributed by atoms with Crippen molar-refractivity contribution in [3.63, 3.8) is 0 Å². The molecule has 0 saturated carbocycles. The number of fused-ring (bicyclic) bond motifs is 1. The number of hydrogen-bond donors (Lipinski definition) is 1. The zero-order valence-corrected chi connectivity index (χ0v) is 9.51. The van der Waals surface area contributed by atoms with Crippen LogP contribution in [0.2, 0.25) is 0 Å². The molecule has 3 nitrogen and oxygen atoms in total. The zero-order chi connectivity index (χ0) is 10.2. The molecule has 1 unspecified atom stereocenters. The predicted octanol–water partition coefficient (Wildman–Crippen LogP) is 1.11. The molecule has 0 aliphatic carbocycles. The summed E-state index contributed by atoms with van der Waals surface area (Å²) >= 11 is 0. The molecule has 0 aromatic carbocycles. The van der Waals surface area contributed by atoms with Crippen molar-refractivity contribution in [2.45, 2.75) is 32.7 Å². The average molecular weight is 195 g/mol. The molecule has 0 radical (unpaired) electrons. The van der Waals surface area contributed by atoms with Crippen LogP contribution in [0.4, 0.5) is 0 Å². The highest BCUT2D eigenvalue weighted by molar-refractivity contribution is 5.88. The van der Waals surface area contributed by atoms with Gasteiger partial charge in [-0.25, -0.2) is 0 Å². The van der Waals surface area contributed by atoms with E-state index in [9.17, 15) is 0 Å². The number of piperidine rings is 1. The second-order valence-corrected chi connectivity index (χ2v) is 5.33. The standard InChI is InChI=1S/C11H21N3/c1-11(2,3)14-5-4-10-9(7-14)6-12-8-13-10/h9,12H,4-8H2,1-3H3. The van der Waals surface area contributed by atoms with Crippen molar-refractivity contribution < 1.29 is 0 Å². The van der Waals surface area contributed by atoms with Gasteiger partial charge in [0.05, 0.1) is 6.67 Å². The van der Waals surface area contributed by atoms with Crippen LogP contribution in [-0.2, 0) is 0 Å². The highest BCUT2D eigenvalue weighted by Gasteiger charge is 2.31. The minimum Gasteiger partial charge on any atom is -0.298 e. The Hall–Kier alpha value is -0.410. The predicted molar refractivity (Wildman–Crippen MR) is 59.7 cm³/mol. The molecule has 1 atom stereocenters. The third-order valence-corrected chi connectivity index (χ3v) is 3.28. The molecule has 0 aromatic heterocycles. The molecule has 2 aliphatic heterocycles. The van der Waals surface area contributed by atoms with E-state index >= 15 is 0 Å². The fourth-order valence-corrected chi connectivity index (χ4v) is 2.31. The first kappa shape index (κ1) is 10.1. The molecule has 2 heterocycles. The van der Waals surface area contributed by atoms with Crippen LogP contribution >= 0.6 is 0 Å². The number of aliphatic imine (C=N–C) groups is 1. The second-order valence-electron chi connectivity index (χ2n) is 5.33. The monoisotopic (exact) mass is 195 g/mol. The van der Waals surface area contributed by atoms with Crippen LogP contribution in [0.15, 0.2) is 4.99 Å². The number of nitrogens with zero attached hydrogens (tertiary/aromatic N) is 2. The van der Waals surface area contributed by atoms with E-state index in [1.165, 1.54) is 25.2 Å². The fraction of sp³-hybridized carbons (Fsp3) is 0.909. The van der Waals surface area contributed by atoms with Gasteiger partial charge in [-0.15, -0.1) is 0 Å². The molecule has 2 rings (SSSR count). The molecule has 0 aromatic rings. The smallest absolute Gasteiger partial charge is 0.0884 e. The summed E-state index contributed by atoms with van der Waals surface area (Å²) in [6.07, 6.45) is 1.17. The van der Waals surface area contributed by atoms with E-state index in [1.54, 1.807) is 0 Å². The zero-order valence-electron chi connectivity index (χ0n) is 9.51. The minimum atomic E-state index is 0.309. The molecule has 14 heavy (non-hydrogen) atoms. The lowest BCUT2D eigenvalue weighted by Gasteiger charge is -2.43. The maximum absolute atomic E-state index is 4.55. The van der Waals surface area contributed by atoms with E-state index in [2.05, 4.69) is 36.0 Å². The Labute approximate surface area is 86.6 Å². The van der Waals surface area contributed by atoms with Crippen molar-refractivity contribution in [3.8, 4) is 0 Å². The summed E-state index contributed by atoms with van der Waals surface area (Å²) in [6.45, 7) is 11.2. The average Bonchev–Trinajstić information content (AvgIpc) is 2.16. The SMILES string of the molecule is CC(C)(C)N1CCC2=NCNCC2C1. The van der Waals surface area contributed by atoms with Gasteiger partial charge in [0, 0.05) is 36.8 Å². The van der Waals surface area contributed by atoms with Crippen molar-refractivity contribution in [2.75, 3.05) is 26.3 Å². The maximum Gasteiger partial charge on any atom is 0.0884 e. The number of nitrogens with one attached hydrogen (secondary N) is 1. The Balaban J connectivity index is 2.04. The molecule has 1 N–H and O–H groups in total. The fourth-order valence-electron chi connectivity index (χ4n) is 2.31. The van der Waals surface area contributed by atoms with Gasteiger partial charge in [0.2, 0.25) is 0 Å². The van der Waals surface area contributed by atoms with Crippen LogP contribution in [0.3, 0.4) is 0 Å². The van der Waals surface area contributed by atoms with Crippen LogP contribution < -0.4 is 5.32 Å². The Morgan fingerprint density at radius 2 is 2.21 bits per heavy atom. The van der Waals surface area contributed by atoms with E-state index in [-0.39, 0.29) is 0 Å². The van der Waals surface area contributed by atoms with E-state index in [0.29, 0.717) is 11.5 Å². The van der Waals surface area contributed by atoms with E-state index in [1.807, 2.05) is 0 Å². The van der Waals surface area contributed by atoms with Gasteiger partial charge in [0.25, 0.3) is 0 Å². The second kappa shape index (κ2) is 3.63. The van der Waals surface area contributed by atoms with E-state index in [4.69, 9.17) is 0 Å². The van der Waals surface area contributed by atoms with E-state index < -0.39 is 0 Å². The molecule has 1 fully saturated rings. The highest BCUT2D eigenvalue weighted by atomic mass is 15.2. The minimum absolute atomic E-state index is 0.309. The third kappa shape index (κ3) is 1.98. The van der Waals surface area contributed by atoms with Gasteiger partial charge in [0.15, 0.2) is 0 Å². The van der Waals surface area contributed by atoms with Gasteiger partial charge < -0.3 is 0 Å². The summed E-state index contributed by atoms with van der Waals surface area (Å²) in [5, 5.41) is 3.34. The van der Waals surface area contributed by atoms with E-state index in [0.717, 1.165) is 13.2 Å². The Bertz CT molecular complexity index is 239. The molecule has 0 spiro atoms. The number of likely N-dealkylation sites (tertiary alicyclic amines) is 1. The van der Waals surface area contributed by atoms with Crippen molar-refractivity contribution in [1.29, 1.82) is 0 Å². The molecule has 1 saturated heterocycles. The quantitative estimate of drug-likeness (QED) is 0.627. The van der Waals surface area contributed by atoms with Crippen molar-refractivity contribution in [1.82, 2.24) is 10.2 Å². The molecule has 2 aliphatic rings. The summed E-state index contributed by atoms with van der Waals surface area (Å²) in [6, 6.07) is 0. The van der Waals surface area contributed by atoms with Gasteiger partial charge in [-0.2, -0.15) is 0 Å². The normalized spacial score (nSPS) is 29.6. The molecule has 0 bridgehead atoms. The molecule has 0 amide bonds. The lowest BCUT2D eigenvalue weighted by molar-refractivity contribution is 0.115. The Morgan fingerprint density at radius 1 is 1.43 bits per heavy atom. The molecule has 3 heteroatoms. The first-order valence-electron chi connectivity index (χ1n) is 5.56. The third-order valence-electron chi connectivity index (χ3n) is 3.28. The van der Waals surface area contributed by atoms with Gasteiger partial charge in [-0.1, -0.05) is 0 Å². The van der Waals surface area contributed by atoms with Crippen LogP contribution in [0.5, 0.6) is 0 Å². The van der Waals surface area contributed by atoms with Crippen LogP contribution in [0.1, 0.15) is 27.2 Å². The lowest BCUT2D eigenvalue weighted by Crippen LogP contribution is -2.53. The van der Waals surface area contributed by atoms with Crippen molar-refractivity contribution in [3.05, 3.63) is 0 Å².